The number of rotatable bonds is 13. The molecule has 0 aliphatic carbocycles. The highest BCUT2D eigenvalue weighted by Gasteiger charge is 2.23. The molecule has 41 heavy (non-hydrogen) atoms. The fraction of sp³-hybridized carbons (Fsp3) is 0.310. The summed E-state index contributed by atoms with van der Waals surface area (Å²) in [5, 5.41) is 17.9. The Labute approximate surface area is 242 Å². The first-order valence-corrected chi connectivity index (χ1v) is 13.9. The molecule has 2 aromatic carbocycles. The number of esters is 1. The number of likely N-dealkylation sites (N-methyl/N-ethyl adjacent to an activating group) is 1. The summed E-state index contributed by atoms with van der Waals surface area (Å²) in [6, 6.07) is 15.7. The number of unbranched alkanes of at least 4 members (excludes halogenated alkanes) is 1. The van der Waals surface area contributed by atoms with Crippen LogP contribution < -0.4 is 5.32 Å². The first-order chi connectivity index (χ1) is 20.1. The quantitative estimate of drug-likeness (QED) is 0.176. The number of tetrazole rings is 1. The summed E-state index contributed by atoms with van der Waals surface area (Å²) in [6.45, 7) is 2.70. The molecule has 3 heterocycles. The number of H-pyrrole nitrogens is 2. The van der Waals surface area contributed by atoms with Crippen molar-refractivity contribution in [3.05, 3.63) is 89.0 Å². The van der Waals surface area contributed by atoms with Gasteiger partial charge >= 0.3 is 5.97 Å². The topological polar surface area (TPSA) is 139 Å². The van der Waals surface area contributed by atoms with E-state index in [2.05, 4.69) is 76.6 Å². The van der Waals surface area contributed by atoms with Crippen LogP contribution in [0, 0.1) is 0 Å². The number of carbonyl (C=O) groups is 1. The van der Waals surface area contributed by atoms with E-state index in [0.29, 0.717) is 35.5 Å². The highest BCUT2D eigenvalue weighted by molar-refractivity contribution is 6.30. The smallest absolute Gasteiger partial charge is 0.323 e. The van der Waals surface area contributed by atoms with Gasteiger partial charge in [-0.1, -0.05) is 73.5 Å². The summed E-state index contributed by atoms with van der Waals surface area (Å²) in [5.41, 5.74) is 4.68. The average molecular weight is 574 g/mol. The van der Waals surface area contributed by atoms with E-state index in [-0.39, 0.29) is 12.6 Å². The number of aromatic nitrogens is 8. The van der Waals surface area contributed by atoms with E-state index < -0.39 is 6.04 Å². The van der Waals surface area contributed by atoms with Gasteiger partial charge in [-0.15, -0.1) is 10.2 Å². The Hall–Kier alpha value is -4.35. The van der Waals surface area contributed by atoms with Gasteiger partial charge in [0.05, 0.1) is 5.69 Å². The van der Waals surface area contributed by atoms with Crippen molar-refractivity contribution in [1.29, 1.82) is 0 Å². The van der Waals surface area contributed by atoms with Crippen LogP contribution in [-0.4, -0.2) is 59.2 Å². The molecule has 3 aromatic heterocycles. The number of nitrogens with one attached hydrogen (secondary N) is 3. The molecule has 0 saturated heterocycles. The van der Waals surface area contributed by atoms with Gasteiger partial charge in [0.15, 0.2) is 5.15 Å². The molecule has 3 N–H and O–H groups in total. The van der Waals surface area contributed by atoms with E-state index in [1.54, 1.807) is 19.4 Å². The number of benzene rings is 2. The molecule has 0 saturated carbocycles. The second-order valence-corrected chi connectivity index (χ2v) is 9.98. The van der Waals surface area contributed by atoms with Crippen molar-refractivity contribution in [2.45, 2.75) is 51.8 Å². The van der Waals surface area contributed by atoms with Gasteiger partial charge in [-0.2, -0.15) is 5.21 Å². The molecule has 212 valence electrons. The lowest BCUT2D eigenvalue weighted by Gasteiger charge is -2.16. The minimum absolute atomic E-state index is 0.0171. The lowest BCUT2D eigenvalue weighted by molar-refractivity contribution is -0.147. The van der Waals surface area contributed by atoms with Crippen LogP contribution in [0.15, 0.2) is 60.9 Å². The molecule has 0 aliphatic rings. The van der Waals surface area contributed by atoms with Crippen LogP contribution in [0.3, 0.4) is 0 Å². The van der Waals surface area contributed by atoms with Crippen molar-refractivity contribution in [3.8, 4) is 22.5 Å². The molecule has 5 aromatic rings. The Morgan fingerprint density at radius 2 is 1.95 bits per heavy atom. The van der Waals surface area contributed by atoms with Crippen LogP contribution in [0.2, 0.25) is 5.15 Å². The van der Waals surface area contributed by atoms with Gasteiger partial charge in [0.25, 0.3) is 0 Å². The van der Waals surface area contributed by atoms with Crippen LogP contribution in [0.25, 0.3) is 22.5 Å². The van der Waals surface area contributed by atoms with Gasteiger partial charge in [0, 0.05) is 37.3 Å². The third-order valence-corrected chi connectivity index (χ3v) is 7.21. The van der Waals surface area contributed by atoms with E-state index in [1.807, 2.05) is 24.3 Å². The first kappa shape index (κ1) is 28.2. The SMILES string of the molecule is CCCCc1nc(Cl)c(COC(=O)[C@@H](Cc2ncc[nH]2)NC)n1Cc1ccc(-c2ccccc2-c2nn[nH]n2)cc1. The zero-order valence-corrected chi connectivity index (χ0v) is 23.7. The molecule has 1 atom stereocenters. The van der Waals surface area contributed by atoms with Gasteiger partial charge in [0.2, 0.25) is 5.82 Å². The van der Waals surface area contributed by atoms with E-state index in [1.165, 1.54) is 0 Å². The summed E-state index contributed by atoms with van der Waals surface area (Å²) in [5.74, 6) is 1.74. The first-order valence-electron chi connectivity index (χ1n) is 13.6. The number of hydrogen-bond donors (Lipinski definition) is 3. The molecule has 0 amide bonds. The van der Waals surface area contributed by atoms with Crippen LogP contribution >= 0.6 is 11.6 Å². The molecule has 0 unspecified atom stereocenters. The fourth-order valence-electron chi connectivity index (χ4n) is 4.68. The summed E-state index contributed by atoms with van der Waals surface area (Å²) in [6.07, 6.45) is 6.55. The fourth-order valence-corrected chi connectivity index (χ4v) is 4.93. The van der Waals surface area contributed by atoms with Gasteiger partial charge in [-0.05, 0) is 35.4 Å². The number of carbonyl (C=O) groups excluding carboxylic acids is 1. The van der Waals surface area contributed by atoms with Crippen LogP contribution in [0.1, 0.15) is 42.7 Å². The largest absolute Gasteiger partial charge is 0.458 e. The third-order valence-electron chi connectivity index (χ3n) is 6.91. The van der Waals surface area contributed by atoms with Crippen molar-refractivity contribution in [3.63, 3.8) is 0 Å². The molecule has 0 spiro atoms. The number of halogens is 1. The molecule has 0 radical (unpaired) electrons. The van der Waals surface area contributed by atoms with Crippen molar-refractivity contribution < 1.29 is 9.53 Å². The Morgan fingerprint density at radius 1 is 1.15 bits per heavy atom. The monoisotopic (exact) mass is 573 g/mol. The van der Waals surface area contributed by atoms with Gasteiger partial charge in [0.1, 0.15) is 24.3 Å². The lowest BCUT2D eigenvalue weighted by atomic mass is 9.98. The highest BCUT2D eigenvalue weighted by Crippen LogP contribution is 2.30. The summed E-state index contributed by atoms with van der Waals surface area (Å²) in [4.78, 5) is 24.8. The van der Waals surface area contributed by atoms with Crippen molar-refractivity contribution in [1.82, 2.24) is 45.5 Å². The Kier molecular flexibility index (Phi) is 9.17. The van der Waals surface area contributed by atoms with E-state index in [0.717, 1.165) is 47.3 Å². The molecule has 0 fully saturated rings. The average Bonchev–Trinajstić information content (AvgIpc) is 3.77. The highest BCUT2D eigenvalue weighted by atomic mass is 35.5. The molecule has 11 nitrogen and oxygen atoms in total. The number of hydrogen-bond acceptors (Lipinski definition) is 8. The van der Waals surface area contributed by atoms with Crippen LogP contribution in [0.5, 0.6) is 0 Å². The normalized spacial score (nSPS) is 12.0. The molecule has 0 bridgehead atoms. The third kappa shape index (κ3) is 6.69. The minimum Gasteiger partial charge on any atom is -0.458 e. The minimum atomic E-state index is -0.543. The Balaban J connectivity index is 1.35. The Morgan fingerprint density at radius 3 is 2.63 bits per heavy atom. The van der Waals surface area contributed by atoms with Gasteiger partial charge < -0.3 is 19.6 Å². The maximum Gasteiger partial charge on any atom is 0.323 e. The molecular weight excluding hydrogens is 542 g/mol. The number of ether oxygens (including phenoxy) is 1. The predicted octanol–water partition coefficient (Wildman–Crippen LogP) is 4.37. The summed E-state index contributed by atoms with van der Waals surface area (Å²) in [7, 11) is 1.72. The summed E-state index contributed by atoms with van der Waals surface area (Å²) < 4.78 is 7.79. The number of imidazole rings is 2. The van der Waals surface area contributed by atoms with E-state index in [9.17, 15) is 4.79 Å². The van der Waals surface area contributed by atoms with E-state index >= 15 is 0 Å². The van der Waals surface area contributed by atoms with Crippen molar-refractivity contribution >= 4 is 17.6 Å². The second-order valence-electron chi connectivity index (χ2n) is 9.62. The molecular formula is C29H32ClN9O2. The van der Waals surface area contributed by atoms with Crippen molar-refractivity contribution in [2.75, 3.05) is 7.05 Å². The zero-order chi connectivity index (χ0) is 28.6. The standard InChI is InChI=1S/C29H32ClN9O2/c1-3-4-9-26-34-27(30)24(18-41-29(40)23(31-2)16-25-32-14-15-33-25)39(26)17-19-10-12-20(13-11-19)21-7-5-6-8-22(21)28-35-37-38-36-28/h5-8,10-15,23,31H,3-4,9,16-18H2,1-2H3,(H,32,33)(H,35,36,37,38)/t23-/m1/s1. The zero-order valence-electron chi connectivity index (χ0n) is 23.0. The lowest BCUT2D eigenvalue weighted by Crippen LogP contribution is -2.37. The maximum absolute atomic E-state index is 12.9. The molecule has 0 aliphatic heterocycles. The number of aryl methyl sites for hydroxylation is 1. The molecule has 12 heteroatoms. The van der Waals surface area contributed by atoms with Crippen molar-refractivity contribution in [2.24, 2.45) is 0 Å². The van der Waals surface area contributed by atoms with Gasteiger partial charge in [-0.25, -0.2) is 9.97 Å². The number of nitrogens with zero attached hydrogens (tertiary/aromatic N) is 6. The second kappa shape index (κ2) is 13.3. The van der Waals surface area contributed by atoms with Crippen LogP contribution in [0.4, 0.5) is 0 Å². The number of aromatic amines is 2. The van der Waals surface area contributed by atoms with Crippen LogP contribution in [-0.2, 0) is 35.5 Å². The van der Waals surface area contributed by atoms with Gasteiger partial charge in [-0.3, -0.25) is 4.79 Å². The molecule has 5 rings (SSSR count). The maximum atomic E-state index is 12.9. The summed E-state index contributed by atoms with van der Waals surface area (Å²) >= 11 is 6.61. The van der Waals surface area contributed by atoms with E-state index in [4.69, 9.17) is 16.3 Å². The predicted molar refractivity (Wildman–Crippen MR) is 155 cm³/mol. The Bertz CT molecular complexity index is 1550.